The Kier molecular flexibility index (Phi) is 4.37. The third-order valence-corrected chi connectivity index (χ3v) is 3.35. The number of benzene rings is 1. The summed E-state index contributed by atoms with van der Waals surface area (Å²) in [6, 6.07) is 4.08. The number of likely N-dealkylation sites (tertiary alicyclic amines) is 1. The summed E-state index contributed by atoms with van der Waals surface area (Å²) in [5.41, 5.74) is 6.05. The lowest BCUT2D eigenvalue weighted by Gasteiger charge is -2.31. The van der Waals surface area contributed by atoms with Crippen molar-refractivity contribution < 1.29 is 13.9 Å². The van der Waals surface area contributed by atoms with Crippen molar-refractivity contribution in [2.24, 2.45) is 0 Å². The molecule has 1 fully saturated rings. The van der Waals surface area contributed by atoms with Gasteiger partial charge in [0, 0.05) is 25.4 Å². The van der Waals surface area contributed by atoms with Crippen LogP contribution in [0.4, 0.5) is 10.1 Å². The smallest absolute Gasteiger partial charge is 0.256 e. The Bertz CT molecular complexity index is 457. The average molecular weight is 266 g/mol. The molecule has 0 atom stereocenters. The Hall–Kier alpha value is -1.62. The van der Waals surface area contributed by atoms with E-state index in [4.69, 9.17) is 10.5 Å². The number of hydrogen-bond acceptors (Lipinski definition) is 3. The monoisotopic (exact) mass is 266 g/mol. The third kappa shape index (κ3) is 3.23. The van der Waals surface area contributed by atoms with E-state index in [1.165, 1.54) is 18.2 Å². The molecule has 0 radical (unpaired) electrons. The summed E-state index contributed by atoms with van der Waals surface area (Å²) in [4.78, 5) is 13.9. The van der Waals surface area contributed by atoms with Gasteiger partial charge in [-0.05, 0) is 38.0 Å². The molecule has 1 saturated heterocycles. The number of rotatable bonds is 3. The molecule has 2 N–H and O–H groups in total. The summed E-state index contributed by atoms with van der Waals surface area (Å²) >= 11 is 0. The number of nitrogens with zero attached hydrogens (tertiary/aromatic N) is 1. The molecule has 1 heterocycles. The minimum absolute atomic E-state index is 0.0508. The molecule has 1 aliphatic heterocycles. The first-order valence-electron chi connectivity index (χ1n) is 6.57. The molecule has 0 spiro atoms. The summed E-state index contributed by atoms with van der Waals surface area (Å²) in [6.45, 7) is 3.83. The van der Waals surface area contributed by atoms with E-state index in [0.29, 0.717) is 25.4 Å². The van der Waals surface area contributed by atoms with Gasteiger partial charge in [-0.2, -0.15) is 0 Å². The highest BCUT2D eigenvalue weighted by atomic mass is 19.1. The number of halogens is 1. The molecule has 19 heavy (non-hydrogen) atoms. The quantitative estimate of drug-likeness (QED) is 0.852. The van der Waals surface area contributed by atoms with Crippen molar-refractivity contribution in [3.63, 3.8) is 0 Å². The number of nitrogen functional groups attached to an aromatic ring is 1. The predicted molar refractivity (Wildman–Crippen MR) is 71.4 cm³/mol. The van der Waals surface area contributed by atoms with Crippen LogP contribution in [0, 0.1) is 5.82 Å². The largest absolute Gasteiger partial charge is 0.399 e. The molecule has 0 saturated carbocycles. The number of carbonyl (C=O) groups is 1. The average Bonchev–Trinajstić information content (AvgIpc) is 2.42. The number of anilines is 1. The van der Waals surface area contributed by atoms with Gasteiger partial charge >= 0.3 is 0 Å². The van der Waals surface area contributed by atoms with E-state index in [9.17, 15) is 9.18 Å². The lowest BCUT2D eigenvalue weighted by Crippen LogP contribution is -2.41. The van der Waals surface area contributed by atoms with Gasteiger partial charge in [-0.15, -0.1) is 0 Å². The zero-order valence-corrected chi connectivity index (χ0v) is 11.1. The molecular weight excluding hydrogens is 247 g/mol. The van der Waals surface area contributed by atoms with Crippen LogP contribution >= 0.6 is 0 Å². The second kappa shape index (κ2) is 6.02. The Morgan fingerprint density at radius 1 is 1.47 bits per heavy atom. The van der Waals surface area contributed by atoms with Crippen LogP contribution in [-0.4, -0.2) is 36.6 Å². The lowest BCUT2D eigenvalue weighted by molar-refractivity contribution is 0.0145. The van der Waals surface area contributed by atoms with Gasteiger partial charge in [-0.25, -0.2) is 4.39 Å². The fourth-order valence-corrected chi connectivity index (χ4v) is 2.34. The number of ether oxygens (including phenoxy) is 1. The van der Waals surface area contributed by atoms with Crippen molar-refractivity contribution in [2.45, 2.75) is 25.9 Å². The van der Waals surface area contributed by atoms with Crippen LogP contribution in [0.15, 0.2) is 18.2 Å². The van der Waals surface area contributed by atoms with Gasteiger partial charge in [0.15, 0.2) is 0 Å². The first kappa shape index (κ1) is 13.8. The zero-order valence-electron chi connectivity index (χ0n) is 11.1. The Balaban J connectivity index is 2.03. The van der Waals surface area contributed by atoms with Gasteiger partial charge in [0.05, 0.1) is 11.7 Å². The molecular formula is C14H19FN2O2. The van der Waals surface area contributed by atoms with Crippen LogP contribution in [0.2, 0.25) is 0 Å². The predicted octanol–water partition coefficient (Wildman–Crippen LogP) is 2.05. The van der Waals surface area contributed by atoms with E-state index in [1.807, 2.05) is 6.92 Å². The molecule has 1 aromatic rings. The van der Waals surface area contributed by atoms with Gasteiger partial charge in [0.2, 0.25) is 0 Å². The van der Waals surface area contributed by atoms with Gasteiger partial charge in [0.25, 0.3) is 5.91 Å². The first-order chi connectivity index (χ1) is 9.11. The van der Waals surface area contributed by atoms with E-state index in [0.717, 1.165) is 12.8 Å². The molecule has 0 aromatic heterocycles. The minimum Gasteiger partial charge on any atom is -0.399 e. The molecule has 1 aromatic carbocycles. The second-order valence-electron chi connectivity index (χ2n) is 4.69. The maximum atomic E-state index is 13.6. The highest BCUT2D eigenvalue weighted by molar-refractivity contribution is 5.95. The standard InChI is InChI=1S/C14H19FN2O2/c1-2-19-11-5-7-17(8-6-11)14(18)12-9-10(16)3-4-13(12)15/h3-4,9,11H,2,5-8,16H2,1H3. The van der Waals surface area contributed by atoms with Crippen LogP contribution < -0.4 is 5.73 Å². The number of nitrogens with two attached hydrogens (primary N) is 1. The topological polar surface area (TPSA) is 55.6 Å². The van der Waals surface area contributed by atoms with Gasteiger partial charge in [-0.1, -0.05) is 0 Å². The van der Waals surface area contributed by atoms with E-state index in [1.54, 1.807) is 4.90 Å². The Labute approximate surface area is 112 Å². The van der Waals surface area contributed by atoms with Crippen molar-refractivity contribution in [3.8, 4) is 0 Å². The number of amides is 1. The summed E-state index contributed by atoms with van der Waals surface area (Å²) < 4.78 is 19.2. The van der Waals surface area contributed by atoms with Crippen LogP contribution in [0.25, 0.3) is 0 Å². The van der Waals surface area contributed by atoms with Gasteiger partial charge < -0.3 is 15.4 Å². The highest BCUT2D eigenvalue weighted by Gasteiger charge is 2.25. The fraction of sp³-hybridized carbons (Fsp3) is 0.500. The van der Waals surface area contributed by atoms with Crippen LogP contribution in [0.5, 0.6) is 0 Å². The van der Waals surface area contributed by atoms with Crippen LogP contribution in [0.3, 0.4) is 0 Å². The van der Waals surface area contributed by atoms with E-state index in [-0.39, 0.29) is 17.6 Å². The van der Waals surface area contributed by atoms with Crippen molar-refractivity contribution >= 4 is 11.6 Å². The second-order valence-corrected chi connectivity index (χ2v) is 4.69. The zero-order chi connectivity index (χ0) is 13.8. The Morgan fingerprint density at radius 2 is 2.16 bits per heavy atom. The normalized spacial score (nSPS) is 16.6. The molecule has 4 nitrogen and oxygen atoms in total. The highest BCUT2D eigenvalue weighted by Crippen LogP contribution is 2.19. The SMILES string of the molecule is CCOC1CCN(C(=O)c2cc(N)ccc2F)CC1. The van der Waals surface area contributed by atoms with Crippen molar-refractivity contribution in [1.29, 1.82) is 0 Å². The molecule has 1 aliphatic rings. The molecule has 0 unspecified atom stereocenters. The molecule has 104 valence electrons. The van der Waals surface area contributed by atoms with Crippen LogP contribution in [0.1, 0.15) is 30.1 Å². The van der Waals surface area contributed by atoms with E-state index >= 15 is 0 Å². The summed E-state index contributed by atoms with van der Waals surface area (Å²) in [7, 11) is 0. The first-order valence-corrected chi connectivity index (χ1v) is 6.57. The lowest BCUT2D eigenvalue weighted by atomic mass is 10.1. The molecule has 1 amide bonds. The van der Waals surface area contributed by atoms with Gasteiger partial charge in [0.1, 0.15) is 5.82 Å². The van der Waals surface area contributed by atoms with Crippen LogP contribution in [-0.2, 0) is 4.74 Å². The van der Waals surface area contributed by atoms with Crippen molar-refractivity contribution in [1.82, 2.24) is 4.90 Å². The molecule has 2 rings (SSSR count). The van der Waals surface area contributed by atoms with Gasteiger partial charge in [-0.3, -0.25) is 4.79 Å². The number of hydrogen-bond donors (Lipinski definition) is 1. The summed E-state index contributed by atoms with van der Waals surface area (Å²) in [5.74, 6) is -0.814. The molecule has 5 heteroatoms. The Morgan fingerprint density at radius 3 is 2.79 bits per heavy atom. The fourth-order valence-electron chi connectivity index (χ4n) is 2.34. The van der Waals surface area contributed by atoms with E-state index < -0.39 is 5.82 Å². The summed E-state index contributed by atoms with van der Waals surface area (Å²) in [5, 5.41) is 0. The third-order valence-electron chi connectivity index (χ3n) is 3.35. The van der Waals surface area contributed by atoms with E-state index in [2.05, 4.69) is 0 Å². The molecule has 0 bridgehead atoms. The van der Waals surface area contributed by atoms with Crippen molar-refractivity contribution in [3.05, 3.63) is 29.6 Å². The van der Waals surface area contributed by atoms with Crippen molar-refractivity contribution in [2.75, 3.05) is 25.4 Å². The number of piperidine rings is 1. The maximum absolute atomic E-state index is 13.6. The maximum Gasteiger partial charge on any atom is 0.256 e. The summed E-state index contributed by atoms with van der Waals surface area (Å²) in [6.07, 6.45) is 1.80. The molecule has 0 aliphatic carbocycles. The minimum atomic E-state index is -0.522. The number of carbonyl (C=O) groups excluding carboxylic acids is 1.